The zero-order valence-electron chi connectivity index (χ0n) is 3.23. The highest BCUT2D eigenvalue weighted by Crippen LogP contribution is 1.74. The van der Waals surface area contributed by atoms with E-state index in [1.165, 1.54) is 0 Å². The molecule has 0 spiro atoms. The predicted octanol–water partition coefficient (Wildman–Crippen LogP) is 0.199. The minimum Gasteiger partial charge on any atom is -0.617 e. The summed E-state index contributed by atoms with van der Waals surface area (Å²) in [5, 5.41) is 0. The van der Waals surface area contributed by atoms with Gasteiger partial charge in [0, 0.05) is 0 Å². The highest BCUT2D eigenvalue weighted by molar-refractivity contribution is 7.90. The summed E-state index contributed by atoms with van der Waals surface area (Å²) in [5.41, 5.74) is 0. The Bertz CT molecular complexity index is 20.9. The Morgan fingerprint density at radius 3 is 2.20 bits per heavy atom. The van der Waals surface area contributed by atoms with Gasteiger partial charge in [-0.25, -0.2) is 0 Å². The molecule has 31 valence electrons. The van der Waals surface area contributed by atoms with E-state index in [0.717, 1.165) is 0 Å². The molecular weight excluding hydrogens is 84.1 g/mol. The molecule has 0 aromatic carbocycles. The lowest BCUT2D eigenvalue weighted by atomic mass is 11.0. The number of hydrogen-bond donors (Lipinski definition) is 0. The first-order valence-electron chi connectivity index (χ1n) is 1.36. The molecule has 0 aliphatic carbocycles. The molecule has 0 heterocycles. The van der Waals surface area contributed by atoms with Crippen LogP contribution in [-0.2, 0) is 11.2 Å². The Hall–Kier alpha value is 0.310. The number of hydrogen-bond acceptors (Lipinski definition) is 1. The van der Waals surface area contributed by atoms with Gasteiger partial charge in [-0.3, -0.25) is 0 Å². The first-order chi connectivity index (χ1) is 2.27. The van der Waals surface area contributed by atoms with Crippen LogP contribution in [0.2, 0.25) is 0 Å². The van der Waals surface area contributed by atoms with E-state index < -0.39 is 11.2 Å². The third-order valence-corrected chi connectivity index (χ3v) is 0.862. The zero-order valence-corrected chi connectivity index (χ0v) is 4.05. The van der Waals surface area contributed by atoms with Crippen LogP contribution in [0, 0.1) is 6.92 Å². The van der Waals surface area contributed by atoms with Crippen molar-refractivity contribution in [1.29, 1.82) is 0 Å². The molecule has 1 atom stereocenters. The van der Waals surface area contributed by atoms with Gasteiger partial charge in [0.1, 0.15) is 5.75 Å². The van der Waals surface area contributed by atoms with Gasteiger partial charge in [0.2, 0.25) is 0 Å². The van der Waals surface area contributed by atoms with Crippen molar-refractivity contribution in [2.75, 3.05) is 12.0 Å². The van der Waals surface area contributed by atoms with E-state index in [1.54, 1.807) is 6.26 Å². The van der Waals surface area contributed by atoms with Gasteiger partial charge in [-0.15, -0.1) is 0 Å². The van der Waals surface area contributed by atoms with Crippen LogP contribution in [-0.4, -0.2) is 16.6 Å². The van der Waals surface area contributed by atoms with Crippen molar-refractivity contribution in [2.45, 2.75) is 0 Å². The molecule has 1 radical (unpaired) electrons. The Morgan fingerprint density at radius 1 is 2.00 bits per heavy atom. The molecule has 0 amide bonds. The predicted molar refractivity (Wildman–Crippen MR) is 24.3 cm³/mol. The maximum absolute atomic E-state index is 9.86. The molecule has 0 fully saturated rings. The van der Waals surface area contributed by atoms with Crippen molar-refractivity contribution in [3.8, 4) is 0 Å². The first kappa shape index (κ1) is 5.31. The minimum absolute atomic E-state index is 0.528. The van der Waals surface area contributed by atoms with Crippen LogP contribution in [0.25, 0.3) is 0 Å². The molecule has 0 bridgehead atoms. The fourth-order valence-electron chi connectivity index (χ4n) is 0. The maximum Gasteiger partial charge on any atom is 0.105 e. The van der Waals surface area contributed by atoms with E-state index in [4.69, 9.17) is 0 Å². The zero-order chi connectivity index (χ0) is 4.28. The van der Waals surface area contributed by atoms with Gasteiger partial charge < -0.3 is 4.55 Å². The fraction of sp³-hybridized carbons (Fsp3) is 0.667. The third kappa shape index (κ3) is 4.31. The van der Waals surface area contributed by atoms with E-state index in [2.05, 4.69) is 6.92 Å². The molecule has 1 nitrogen and oxygen atoms in total. The van der Waals surface area contributed by atoms with E-state index in [1.807, 2.05) is 0 Å². The lowest BCUT2D eigenvalue weighted by Gasteiger charge is -1.95. The fourth-order valence-corrected chi connectivity index (χ4v) is 0. The van der Waals surface area contributed by atoms with Crippen LogP contribution < -0.4 is 0 Å². The standard InChI is InChI=1S/C3H7OS/c1-3-5(2)4/h1,3H2,2H3. The van der Waals surface area contributed by atoms with Crippen LogP contribution in [0.3, 0.4) is 0 Å². The average molecular weight is 91.2 g/mol. The van der Waals surface area contributed by atoms with E-state index in [-0.39, 0.29) is 0 Å². The van der Waals surface area contributed by atoms with Crippen molar-refractivity contribution >= 4 is 11.2 Å². The monoisotopic (exact) mass is 91.0 g/mol. The van der Waals surface area contributed by atoms with Crippen LogP contribution >= 0.6 is 0 Å². The Labute approximate surface area is 35.6 Å². The largest absolute Gasteiger partial charge is 0.617 e. The second kappa shape index (κ2) is 2.54. The lowest BCUT2D eigenvalue weighted by molar-refractivity contribution is 0.603. The summed E-state index contributed by atoms with van der Waals surface area (Å²) < 4.78 is 9.86. The quantitative estimate of drug-likeness (QED) is 0.423. The van der Waals surface area contributed by atoms with Crippen LogP contribution in [0.15, 0.2) is 0 Å². The highest BCUT2D eigenvalue weighted by atomic mass is 32.2. The Morgan fingerprint density at radius 2 is 2.20 bits per heavy atom. The molecular formula is C3H7OS. The topological polar surface area (TPSA) is 23.1 Å². The summed E-state index contributed by atoms with van der Waals surface area (Å²) in [5.74, 6) is 0.528. The summed E-state index contributed by atoms with van der Waals surface area (Å²) in [6.07, 6.45) is 1.63. The molecule has 2 heteroatoms. The summed E-state index contributed by atoms with van der Waals surface area (Å²) >= 11 is -0.684. The second-order valence-electron chi connectivity index (χ2n) is 0.777. The van der Waals surface area contributed by atoms with Crippen molar-refractivity contribution in [2.24, 2.45) is 0 Å². The molecule has 0 aromatic rings. The molecule has 0 rings (SSSR count). The maximum atomic E-state index is 9.86. The Balaban J connectivity index is 2.54. The molecule has 0 aromatic heterocycles. The van der Waals surface area contributed by atoms with Crippen molar-refractivity contribution in [3.05, 3.63) is 6.92 Å². The van der Waals surface area contributed by atoms with E-state index in [0.29, 0.717) is 5.75 Å². The van der Waals surface area contributed by atoms with Crippen molar-refractivity contribution in [1.82, 2.24) is 0 Å². The smallest absolute Gasteiger partial charge is 0.105 e. The molecule has 1 unspecified atom stereocenters. The highest BCUT2D eigenvalue weighted by Gasteiger charge is 1.81. The molecule has 0 saturated heterocycles. The van der Waals surface area contributed by atoms with E-state index >= 15 is 0 Å². The van der Waals surface area contributed by atoms with E-state index in [9.17, 15) is 4.55 Å². The van der Waals surface area contributed by atoms with Gasteiger partial charge in [0.15, 0.2) is 0 Å². The van der Waals surface area contributed by atoms with Crippen LogP contribution in [0.4, 0.5) is 0 Å². The SMILES string of the molecule is [CH2]C[S+](C)[O-]. The summed E-state index contributed by atoms with van der Waals surface area (Å²) in [7, 11) is 0. The number of rotatable bonds is 1. The average Bonchev–Trinajstić information content (AvgIpc) is 1.38. The lowest BCUT2D eigenvalue weighted by Crippen LogP contribution is -1.97. The van der Waals surface area contributed by atoms with Gasteiger partial charge in [0.25, 0.3) is 0 Å². The molecule has 0 saturated carbocycles. The van der Waals surface area contributed by atoms with Crippen molar-refractivity contribution in [3.63, 3.8) is 0 Å². The Kier molecular flexibility index (Phi) is 2.70. The normalized spacial score (nSPS) is 15.0. The molecule has 0 N–H and O–H groups in total. The summed E-state index contributed by atoms with van der Waals surface area (Å²) in [4.78, 5) is 0. The minimum atomic E-state index is -0.684. The van der Waals surface area contributed by atoms with Crippen LogP contribution in [0.5, 0.6) is 0 Å². The summed E-state index contributed by atoms with van der Waals surface area (Å²) in [6.45, 7) is 3.39. The second-order valence-corrected chi connectivity index (χ2v) is 2.33. The van der Waals surface area contributed by atoms with Gasteiger partial charge >= 0.3 is 0 Å². The third-order valence-electron chi connectivity index (χ3n) is 0.287. The molecule has 0 aliphatic rings. The van der Waals surface area contributed by atoms with Gasteiger partial charge in [-0.05, 0) is 6.92 Å². The van der Waals surface area contributed by atoms with Gasteiger partial charge in [-0.2, -0.15) is 0 Å². The van der Waals surface area contributed by atoms with Gasteiger partial charge in [0.05, 0.1) is 6.26 Å². The van der Waals surface area contributed by atoms with Crippen LogP contribution in [0.1, 0.15) is 0 Å². The summed E-state index contributed by atoms with van der Waals surface area (Å²) in [6, 6.07) is 0. The van der Waals surface area contributed by atoms with Crippen molar-refractivity contribution < 1.29 is 4.55 Å². The first-order valence-corrected chi connectivity index (χ1v) is 3.09. The molecule has 0 aliphatic heterocycles. The molecule has 5 heavy (non-hydrogen) atoms. The van der Waals surface area contributed by atoms with Gasteiger partial charge in [-0.1, -0.05) is 11.2 Å².